The van der Waals surface area contributed by atoms with E-state index in [0.29, 0.717) is 18.9 Å². The van der Waals surface area contributed by atoms with Crippen molar-refractivity contribution in [3.05, 3.63) is 35.4 Å². The van der Waals surface area contributed by atoms with Crippen LogP contribution < -0.4 is 5.32 Å². The van der Waals surface area contributed by atoms with Crippen molar-refractivity contribution in [3.8, 4) is 0 Å². The average molecular weight is 292 g/mol. The second-order valence-electron chi connectivity index (χ2n) is 4.78. The zero-order valence-electron chi connectivity index (χ0n) is 11.2. The Morgan fingerprint density at radius 2 is 2.30 bits per heavy atom. The van der Waals surface area contributed by atoms with Gasteiger partial charge in [0.1, 0.15) is 11.4 Å². The van der Waals surface area contributed by atoms with Gasteiger partial charge in [0.05, 0.1) is 6.61 Å². The summed E-state index contributed by atoms with van der Waals surface area (Å²) >= 11 is 1.65. The molecule has 6 heteroatoms. The van der Waals surface area contributed by atoms with Crippen molar-refractivity contribution in [1.82, 2.24) is 10.2 Å². The topological polar surface area (TPSA) is 58.6 Å². The highest BCUT2D eigenvalue weighted by Gasteiger charge is 2.48. The largest absolute Gasteiger partial charge is 0.383 e. The molecular weight excluding hydrogens is 276 g/mol. The molecule has 1 saturated heterocycles. The van der Waals surface area contributed by atoms with Crippen LogP contribution in [-0.4, -0.2) is 48.8 Å². The number of methoxy groups -OCH3 is 1. The predicted octanol–water partition coefficient (Wildman–Crippen LogP) is 1.02. The number of fused-ring (bicyclic) bond motifs is 3. The summed E-state index contributed by atoms with van der Waals surface area (Å²) < 4.78 is 4.91. The minimum atomic E-state index is -0.387. The quantitative estimate of drug-likeness (QED) is 0.842. The molecular formula is C14H16N2O3S. The van der Waals surface area contributed by atoms with Crippen LogP contribution in [-0.2, 0) is 9.53 Å². The van der Waals surface area contributed by atoms with Gasteiger partial charge in [0.25, 0.3) is 5.91 Å². The summed E-state index contributed by atoms with van der Waals surface area (Å²) in [6.07, 6.45) is 0. The fourth-order valence-electron chi connectivity index (χ4n) is 2.64. The first-order chi connectivity index (χ1) is 9.74. The number of amides is 2. The van der Waals surface area contributed by atoms with Crippen molar-refractivity contribution < 1.29 is 14.3 Å². The first-order valence-electron chi connectivity index (χ1n) is 6.54. The van der Waals surface area contributed by atoms with Crippen molar-refractivity contribution in [2.24, 2.45) is 0 Å². The van der Waals surface area contributed by atoms with Crippen molar-refractivity contribution in [2.75, 3.05) is 26.0 Å². The number of nitrogens with zero attached hydrogens (tertiary/aromatic N) is 1. The Hall–Kier alpha value is -1.53. The van der Waals surface area contributed by atoms with Crippen molar-refractivity contribution in [2.45, 2.75) is 11.4 Å². The molecule has 0 saturated carbocycles. The summed E-state index contributed by atoms with van der Waals surface area (Å²) in [6, 6.07) is 7.20. The molecule has 3 rings (SSSR count). The van der Waals surface area contributed by atoms with Gasteiger partial charge in [0.2, 0.25) is 5.91 Å². The molecule has 1 N–H and O–H groups in total. The zero-order chi connectivity index (χ0) is 14.1. The van der Waals surface area contributed by atoms with Gasteiger partial charge in [-0.1, -0.05) is 18.2 Å². The monoisotopic (exact) mass is 292 g/mol. The molecule has 1 fully saturated rings. The minimum absolute atomic E-state index is 0.0168. The molecule has 2 heterocycles. The second kappa shape index (κ2) is 5.46. The number of carbonyl (C=O) groups is 2. The number of nitrogens with one attached hydrogen (secondary N) is 1. The molecule has 2 amide bonds. The van der Waals surface area contributed by atoms with Crippen LogP contribution in [0.1, 0.15) is 21.3 Å². The maximum absolute atomic E-state index is 12.4. The van der Waals surface area contributed by atoms with Crippen molar-refractivity contribution in [1.29, 1.82) is 0 Å². The minimum Gasteiger partial charge on any atom is -0.383 e. The van der Waals surface area contributed by atoms with E-state index in [4.69, 9.17) is 4.74 Å². The molecule has 0 unspecified atom stereocenters. The highest BCUT2D eigenvalue weighted by atomic mass is 32.2. The Morgan fingerprint density at radius 1 is 1.50 bits per heavy atom. The molecule has 2 atom stereocenters. The molecule has 0 aliphatic carbocycles. The van der Waals surface area contributed by atoms with Gasteiger partial charge in [-0.05, 0) is 11.6 Å². The lowest BCUT2D eigenvalue weighted by atomic mass is 10.1. The van der Waals surface area contributed by atoms with Crippen molar-refractivity contribution in [3.63, 3.8) is 0 Å². The van der Waals surface area contributed by atoms with Gasteiger partial charge in [0.15, 0.2) is 0 Å². The van der Waals surface area contributed by atoms with Gasteiger partial charge < -0.3 is 15.0 Å². The molecule has 0 aromatic heterocycles. The second-order valence-corrected chi connectivity index (χ2v) is 5.90. The van der Waals surface area contributed by atoms with E-state index < -0.39 is 0 Å². The van der Waals surface area contributed by atoms with E-state index in [-0.39, 0.29) is 23.2 Å². The first kappa shape index (κ1) is 13.5. The van der Waals surface area contributed by atoms with E-state index in [0.717, 1.165) is 11.1 Å². The molecule has 0 spiro atoms. The van der Waals surface area contributed by atoms with E-state index in [1.54, 1.807) is 23.8 Å². The number of hydrogen-bond acceptors (Lipinski definition) is 4. The summed E-state index contributed by atoms with van der Waals surface area (Å²) in [7, 11) is 1.59. The Balaban J connectivity index is 1.76. The lowest BCUT2D eigenvalue weighted by Crippen LogP contribution is -2.46. The number of ether oxygens (including phenoxy) is 1. The Kier molecular flexibility index (Phi) is 3.67. The first-order valence-corrected chi connectivity index (χ1v) is 7.58. The highest BCUT2D eigenvalue weighted by molar-refractivity contribution is 7.99. The van der Waals surface area contributed by atoms with E-state index in [1.165, 1.54) is 0 Å². The number of benzene rings is 1. The molecule has 5 nitrogen and oxygen atoms in total. The molecule has 0 bridgehead atoms. The van der Waals surface area contributed by atoms with Gasteiger partial charge in [-0.25, -0.2) is 0 Å². The highest BCUT2D eigenvalue weighted by Crippen LogP contribution is 2.47. The summed E-state index contributed by atoms with van der Waals surface area (Å²) in [6.45, 7) is 0.944. The Bertz CT molecular complexity index is 549. The number of thioether (sulfide) groups is 1. The SMILES string of the molecule is COCCNC(=O)[C@@H]1CS[C@H]2c3ccccc3C(=O)N12. The van der Waals surface area contributed by atoms with Crippen LogP contribution in [0.15, 0.2) is 24.3 Å². The maximum Gasteiger partial charge on any atom is 0.256 e. The van der Waals surface area contributed by atoms with E-state index in [1.807, 2.05) is 24.3 Å². The van der Waals surface area contributed by atoms with Gasteiger partial charge in [-0.2, -0.15) is 0 Å². The molecule has 0 radical (unpaired) electrons. The van der Waals surface area contributed by atoms with E-state index in [2.05, 4.69) is 5.32 Å². The summed E-state index contributed by atoms with van der Waals surface area (Å²) in [5.74, 6) is 0.504. The van der Waals surface area contributed by atoms with Crippen LogP contribution in [0, 0.1) is 0 Å². The van der Waals surface area contributed by atoms with Crippen LogP contribution >= 0.6 is 11.8 Å². The predicted molar refractivity (Wildman–Crippen MR) is 76.5 cm³/mol. The van der Waals surface area contributed by atoms with Gasteiger partial charge in [-0.15, -0.1) is 11.8 Å². The standard InChI is InChI=1S/C14H16N2O3S/c1-19-7-6-15-12(17)11-8-20-14-10-5-3-2-4-9(10)13(18)16(11)14/h2-5,11,14H,6-8H2,1H3,(H,15,17)/t11-,14-/m0/s1. The third-order valence-electron chi connectivity index (χ3n) is 3.60. The van der Waals surface area contributed by atoms with Gasteiger partial charge in [0, 0.05) is 25.0 Å². The van der Waals surface area contributed by atoms with Crippen LogP contribution in [0.4, 0.5) is 0 Å². The summed E-state index contributed by atoms with van der Waals surface area (Å²) in [4.78, 5) is 26.3. The van der Waals surface area contributed by atoms with Crippen LogP contribution in [0.2, 0.25) is 0 Å². The molecule has 106 valence electrons. The van der Waals surface area contributed by atoms with Crippen LogP contribution in [0.5, 0.6) is 0 Å². The zero-order valence-corrected chi connectivity index (χ0v) is 12.0. The summed E-state index contributed by atoms with van der Waals surface area (Å²) in [5, 5.41) is 2.80. The van der Waals surface area contributed by atoms with E-state index >= 15 is 0 Å². The lowest BCUT2D eigenvalue weighted by Gasteiger charge is -2.22. The molecule has 20 heavy (non-hydrogen) atoms. The lowest BCUT2D eigenvalue weighted by molar-refractivity contribution is -0.124. The number of rotatable bonds is 4. The normalized spacial score (nSPS) is 23.6. The third kappa shape index (κ3) is 2.09. The van der Waals surface area contributed by atoms with Crippen LogP contribution in [0.25, 0.3) is 0 Å². The molecule has 2 aliphatic rings. The smallest absolute Gasteiger partial charge is 0.256 e. The van der Waals surface area contributed by atoms with Gasteiger partial charge >= 0.3 is 0 Å². The molecule has 1 aromatic carbocycles. The number of carbonyl (C=O) groups excluding carboxylic acids is 2. The van der Waals surface area contributed by atoms with Crippen molar-refractivity contribution >= 4 is 23.6 Å². The van der Waals surface area contributed by atoms with E-state index in [9.17, 15) is 9.59 Å². The molecule has 2 aliphatic heterocycles. The maximum atomic E-state index is 12.4. The van der Waals surface area contributed by atoms with Gasteiger partial charge in [-0.3, -0.25) is 9.59 Å². The fourth-order valence-corrected chi connectivity index (χ4v) is 4.10. The summed E-state index contributed by atoms with van der Waals surface area (Å²) in [5.41, 5.74) is 1.74. The fraction of sp³-hybridized carbons (Fsp3) is 0.429. The third-order valence-corrected chi connectivity index (χ3v) is 4.91. The average Bonchev–Trinajstić information content (AvgIpc) is 3.01. The Labute approximate surface area is 121 Å². The Morgan fingerprint density at radius 3 is 3.10 bits per heavy atom. The van der Waals surface area contributed by atoms with Crippen LogP contribution in [0.3, 0.4) is 0 Å². The number of hydrogen-bond donors (Lipinski definition) is 1. The molecule has 1 aromatic rings.